The van der Waals surface area contributed by atoms with E-state index in [0.717, 1.165) is 10.9 Å². The summed E-state index contributed by atoms with van der Waals surface area (Å²) in [7, 11) is -3.48. The molecule has 3 rings (SSSR count). The van der Waals surface area contributed by atoms with Crippen LogP contribution in [0.5, 0.6) is 0 Å². The molecule has 6 heteroatoms. The van der Waals surface area contributed by atoms with Crippen LogP contribution in [0.3, 0.4) is 0 Å². The van der Waals surface area contributed by atoms with E-state index in [1.165, 1.54) is 0 Å². The first-order chi connectivity index (χ1) is 8.56. The summed E-state index contributed by atoms with van der Waals surface area (Å²) in [6.07, 6.45) is 3.05. The zero-order valence-corrected chi connectivity index (χ0v) is 10.3. The number of carbonyl (C=O) groups excluding carboxylic acids is 1. The number of aromatic nitrogens is 1. The number of H-pyrrole nitrogens is 1. The molecule has 0 bridgehead atoms. The van der Waals surface area contributed by atoms with Crippen LogP contribution in [0, 0.1) is 0 Å². The zero-order valence-electron chi connectivity index (χ0n) is 9.51. The molecule has 1 aliphatic carbocycles. The van der Waals surface area contributed by atoms with Crippen molar-refractivity contribution < 1.29 is 13.2 Å². The third kappa shape index (κ3) is 1.99. The van der Waals surface area contributed by atoms with Gasteiger partial charge in [0, 0.05) is 22.7 Å². The summed E-state index contributed by atoms with van der Waals surface area (Å²) in [5, 5.41) is 0.490. The number of amides is 1. The lowest BCUT2D eigenvalue weighted by Gasteiger charge is -2.05. The molecule has 1 amide bonds. The minimum Gasteiger partial charge on any atom is -0.361 e. The molecule has 5 nitrogen and oxygen atoms in total. The minimum absolute atomic E-state index is 0.353. The molecule has 1 aromatic carbocycles. The number of sulfonamides is 1. The van der Waals surface area contributed by atoms with E-state index in [9.17, 15) is 13.2 Å². The number of hydrogen-bond acceptors (Lipinski definition) is 3. The van der Waals surface area contributed by atoms with Gasteiger partial charge in [-0.2, -0.15) is 0 Å². The van der Waals surface area contributed by atoms with E-state index in [-0.39, 0.29) is 0 Å². The summed E-state index contributed by atoms with van der Waals surface area (Å²) in [6, 6.07) is 6.87. The molecule has 18 heavy (non-hydrogen) atoms. The van der Waals surface area contributed by atoms with E-state index in [1.807, 2.05) is 6.07 Å². The van der Waals surface area contributed by atoms with Gasteiger partial charge in [0.05, 0.1) is 5.25 Å². The third-order valence-corrected chi connectivity index (χ3v) is 4.83. The van der Waals surface area contributed by atoms with Crippen molar-refractivity contribution >= 4 is 26.8 Å². The molecule has 1 saturated carbocycles. The van der Waals surface area contributed by atoms with Crippen LogP contribution in [0.25, 0.3) is 10.9 Å². The summed E-state index contributed by atoms with van der Waals surface area (Å²) >= 11 is 0. The second-order valence-electron chi connectivity index (χ2n) is 4.46. The Hall–Kier alpha value is -1.82. The normalized spacial score (nSPS) is 15.8. The lowest BCUT2D eigenvalue weighted by molar-refractivity contribution is 0.0981. The molecule has 1 fully saturated rings. The predicted molar refractivity (Wildman–Crippen MR) is 67.7 cm³/mol. The highest BCUT2D eigenvalue weighted by Crippen LogP contribution is 2.27. The third-order valence-electron chi connectivity index (χ3n) is 3.01. The van der Waals surface area contributed by atoms with Crippen molar-refractivity contribution in [2.45, 2.75) is 18.1 Å². The first kappa shape index (κ1) is 11.3. The van der Waals surface area contributed by atoms with E-state index in [0.29, 0.717) is 18.4 Å². The van der Waals surface area contributed by atoms with Gasteiger partial charge in [0.2, 0.25) is 10.0 Å². The SMILES string of the molecule is O=C(NS(=O)(=O)C1CC1)c1ccc2[nH]ccc2c1. The number of fused-ring (bicyclic) bond motifs is 1. The van der Waals surface area contributed by atoms with Gasteiger partial charge in [-0.1, -0.05) is 0 Å². The number of nitrogens with one attached hydrogen (secondary N) is 2. The van der Waals surface area contributed by atoms with E-state index in [4.69, 9.17) is 0 Å². The van der Waals surface area contributed by atoms with Gasteiger partial charge in [-0.3, -0.25) is 4.79 Å². The van der Waals surface area contributed by atoms with E-state index in [2.05, 4.69) is 9.71 Å². The van der Waals surface area contributed by atoms with Crippen LogP contribution < -0.4 is 4.72 Å². The summed E-state index contributed by atoms with van der Waals surface area (Å²) in [4.78, 5) is 14.9. The standard InChI is InChI=1S/C12H12N2O3S/c15-12(14-18(16,17)10-2-3-10)9-1-4-11-8(7-9)5-6-13-11/h1,4-7,10,13H,2-3H2,(H,14,15). The highest BCUT2D eigenvalue weighted by molar-refractivity contribution is 7.91. The fourth-order valence-electron chi connectivity index (χ4n) is 1.84. The van der Waals surface area contributed by atoms with Crippen LogP contribution in [-0.2, 0) is 10.0 Å². The maximum atomic E-state index is 11.9. The molecule has 2 N–H and O–H groups in total. The molecule has 0 atom stereocenters. The summed E-state index contributed by atoms with van der Waals surface area (Å²) in [5.41, 5.74) is 1.27. The van der Waals surface area contributed by atoms with Crippen LogP contribution in [0.4, 0.5) is 0 Å². The fraction of sp³-hybridized carbons (Fsp3) is 0.250. The molecular weight excluding hydrogens is 252 g/mol. The van der Waals surface area contributed by atoms with Crippen molar-refractivity contribution in [1.29, 1.82) is 0 Å². The molecule has 1 aliphatic rings. The van der Waals surface area contributed by atoms with E-state index < -0.39 is 21.2 Å². The van der Waals surface area contributed by atoms with Crippen molar-refractivity contribution in [3.63, 3.8) is 0 Å². The fourth-order valence-corrected chi connectivity index (χ4v) is 3.14. The molecular formula is C12H12N2O3S. The molecule has 0 unspecified atom stereocenters. The summed E-state index contributed by atoms with van der Waals surface area (Å²) < 4.78 is 25.4. The van der Waals surface area contributed by atoms with Gasteiger partial charge in [-0.05, 0) is 37.1 Å². The van der Waals surface area contributed by atoms with Gasteiger partial charge in [0.15, 0.2) is 0 Å². The minimum atomic E-state index is -3.48. The average Bonchev–Trinajstić information content (AvgIpc) is 3.08. The van der Waals surface area contributed by atoms with Crippen molar-refractivity contribution in [2.24, 2.45) is 0 Å². The van der Waals surface area contributed by atoms with Crippen molar-refractivity contribution in [2.75, 3.05) is 0 Å². The van der Waals surface area contributed by atoms with Gasteiger partial charge in [0.1, 0.15) is 0 Å². The van der Waals surface area contributed by atoms with Crippen LogP contribution in [0.15, 0.2) is 30.5 Å². The molecule has 1 heterocycles. The van der Waals surface area contributed by atoms with Gasteiger partial charge < -0.3 is 4.98 Å². The zero-order chi connectivity index (χ0) is 12.8. The van der Waals surface area contributed by atoms with E-state index >= 15 is 0 Å². The Labute approximate surface area is 104 Å². The molecule has 0 spiro atoms. The first-order valence-corrected chi connectivity index (χ1v) is 7.24. The first-order valence-electron chi connectivity index (χ1n) is 5.69. The Bertz CT molecular complexity index is 714. The van der Waals surface area contributed by atoms with Crippen LogP contribution in [0.1, 0.15) is 23.2 Å². The Morgan fingerprint density at radius 3 is 2.78 bits per heavy atom. The Balaban J connectivity index is 1.87. The van der Waals surface area contributed by atoms with Gasteiger partial charge in [-0.15, -0.1) is 0 Å². The maximum absolute atomic E-state index is 11.9. The smallest absolute Gasteiger partial charge is 0.264 e. The number of benzene rings is 1. The van der Waals surface area contributed by atoms with Gasteiger partial charge in [-0.25, -0.2) is 13.1 Å². The second kappa shape index (κ2) is 3.84. The summed E-state index contributed by atoms with van der Waals surface area (Å²) in [5.74, 6) is -0.565. The average molecular weight is 264 g/mol. The molecule has 0 radical (unpaired) electrons. The second-order valence-corrected chi connectivity index (χ2v) is 6.42. The van der Waals surface area contributed by atoms with Gasteiger partial charge in [0.25, 0.3) is 5.91 Å². The highest BCUT2D eigenvalue weighted by atomic mass is 32.2. The number of carbonyl (C=O) groups is 1. The largest absolute Gasteiger partial charge is 0.361 e. The Morgan fingerprint density at radius 1 is 1.28 bits per heavy atom. The van der Waals surface area contributed by atoms with Crippen molar-refractivity contribution in [3.8, 4) is 0 Å². The summed E-state index contributed by atoms with van der Waals surface area (Å²) in [6.45, 7) is 0. The topological polar surface area (TPSA) is 79.0 Å². The molecule has 94 valence electrons. The number of rotatable bonds is 3. The molecule has 0 saturated heterocycles. The van der Waals surface area contributed by atoms with Crippen molar-refractivity contribution in [1.82, 2.24) is 9.71 Å². The lowest BCUT2D eigenvalue weighted by Crippen LogP contribution is -2.33. The monoisotopic (exact) mass is 264 g/mol. The van der Waals surface area contributed by atoms with Crippen LogP contribution in [-0.4, -0.2) is 24.6 Å². The number of aromatic amines is 1. The van der Waals surface area contributed by atoms with Crippen molar-refractivity contribution in [3.05, 3.63) is 36.0 Å². The lowest BCUT2D eigenvalue weighted by atomic mass is 10.1. The predicted octanol–water partition coefficient (Wildman–Crippen LogP) is 1.39. The highest BCUT2D eigenvalue weighted by Gasteiger charge is 2.36. The Kier molecular flexibility index (Phi) is 2.41. The van der Waals surface area contributed by atoms with E-state index in [1.54, 1.807) is 24.4 Å². The van der Waals surface area contributed by atoms with Crippen LogP contribution in [0.2, 0.25) is 0 Å². The number of hydrogen-bond donors (Lipinski definition) is 2. The molecule has 1 aromatic heterocycles. The molecule has 2 aromatic rings. The Morgan fingerprint density at radius 2 is 2.06 bits per heavy atom. The quantitative estimate of drug-likeness (QED) is 0.879. The maximum Gasteiger partial charge on any atom is 0.264 e. The van der Waals surface area contributed by atoms with Gasteiger partial charge >= 0.3 is 0 Å². The molecule has 0 aliphatic heterocycles. The van der Waals surface area contributed by atoms with Crippen LogP contribution >= 0.6 is 0 Å².